The van der Waals surface area contributed by atoms with Crippen LogP contribution in [0.5, 0.6) is 0 Å². The number of hydrogen-bond donors (Lipinski definition) is 2. The Bertz CT molecular complexity index is 281. The van der Waals surface area contributed by atoms with Crippen LogP contribution in [0.15, 0.2) is 12.4 Å². The molecule has 0 aromatic carbocycles. The van der Waals surface area contributed by atoms with E-state index in [1.807, 2.05) is 17.9 Å². The average Bonchev–Trinajstić information content (AvgIpc) is 2.71. The number of hydrogen-bond acceptors (Lipinski definition) is 3. The van der Waals surface area contributed by atoms with Crippen molar-refractivity contribution in [1.82, 2.24) is 15.1 Å². The van der Waals surface area contributed by atoms with Crippen molar-refractivity contribution in [3.63, 3.8) is 0 Å². The summed E-state index contributed by atoms with van der Waals surface area (Å²) < 4.78 is 1.85. The molecule has 0 radical (unpaired) electrons. The molecule has 1 aliphatic rings. The molecule has 2 rings (SSSR count). The van der Waals surface area contributed by atoms with E-state index >= 15 is 0 Å². The van der Waals surface area contributed by atoms with Crippen molar-refractivity contribution < 1.29 is 0 Å². The molecule has 13 heavy (non-hydrogen) atoms. The van der Waals surface area contributed by atoms with Crippen LogP contribution in [0.3, 0.4) is 0 Å². The van der Waals surface area contributed by atoms with E-state index in [1.165, 1.54) is 5.56 Å². The molecule has 1 saturated heterocycles. The number of nitrogens with zero attached hydrogens (tertiary/aromatic N) is 2. The molecule has 1 aromatic rings. The molecule has 1 fully saturated rings. The van der Waals surface area contributed by atoms with Crippen LogP contribution in [-0.2, 0) is 7.05 Å². The van der Waals surface area contributed by atoms with Gasteiger partial charge in [-0.3, -0.25) is 4.68 Å². The highest BCUT2D eigenvalue weighted by Gasteiger charge is 2.27. The lowest BCUT2D eigenvalue weighted by Gasteiger charge is -2.14. The first-order valence-electron chi connectivity index (χ1n) is 4.70. The van der Waals surface area contributed by atoms with Gasteiger partial charge in [0.15, 0.2) is 0 Å². The highest BCUT2D eigenvalue weighted by molar-refractivity contribution is 5.15. The molecular weight excluding hydrogens is 164 g/mol. The maximum atomic E-state index is 5.70. The minimum atomic E-state index is 0.554. The van der Waals surface area contributed by atoms with Gasteiger partial charge in [0.2, 0.25) is 0 Å². The average molecular weight is 180 g/mol. The first-order chi connectivity index (χ1) is 6.31. The topological polar surface area (TPSA) is 55.9 Å². The summed E-state index contributed by atoms with van der Waals surface area (Å²) in [7, 11) is 1.95. The number of aryl methyl sites for hydroxylation is 1. The van der Waals surface area contributed by atoms with Gasteiger partial charge in [0.25, 0.3) is 0 Å². The second-order valence-corrected chi connectivity index (χ2v) is 3.71. The van der Waals surface area contributed by atoms with Gasteiger partial charge in [-0.2, -0.15) is 5.10 Å². The zero-order valence-corrected chi connectivity index (χ0v) is 7.90. The maximum absolute atomic E-state index is 5.70. The van der Waals surface area contributed by atoms with Crippen molar-refractivity contribution in [3.05, 3.63) is 18.0 Å². The molecule has 2 unspecified atom stereocenters. The van der Waals surface area contributed by atoms with Gasteiger partial charge in [-0.05, 0) is 24.6 Å². The zero-order valence-electron chi connectivity index (χ0n) is 7.90. The first kappa shape index (κ1) is 8.72. The predicted molar refractivity (Wildman–Crippen MR) is 51.4 cm³/mol. The largest absolute Gasteiger partial charge is 0.330 e. The smallest absolute Gasteiger partial charge is 0.0525 e. The fourth-order valence-electron chi connectivity index (χ4n) is 2.00. The number of rotatable bonds is 2. The molecular formula is C9H16N4. The molecule has 0 bridgehead atoms. The minimum absolute atomic E-state index is 0.554. The van der Waals surface area contributed by atoms with Gasteiger partial charge < -0.3 is 11.1 Å². The van der Waals surface area contributed by atoms with Crippen LogP contribution >= 0.6 is 0 Å². The highest BCUT2D eigenvalue weighted by atomic mass is 15.2. The molecule has 4 nitrogen and oxygen atoms in total. The fraction of sp³-hybridized carbons (Fsp3) is 0.667. The van der Waals surface area contributed by atoms with Crippen molar-refractivity contribution >= 4 is 0 Å². The molecule has 0 amide bonds. The number of nitrogens with one attached hydrogen (secondary N) is 1. The molecule has 3 N–H and O–H groups in total. The third kappa shape index (κ3) is 1.59. The minimum Gasteiger partial charge on any atom is -0.330 e. The summed E-state index contributed by atoms with van der Waals surface area (Å²) >= 11 is 0. The van der Waals surface area contributed by atoms with E-state index in [2.05, 4.69) is 16.6 Å². The molecule has 4 heteroatoms. The monoisotopic (exact) mass is 180 g/mol. The van der Waals surface area contributed by atoms with Crippen molar-refractivity contribution in [2.75, 3.05) is 19.6 Å². The summed E-state index contributed by atoms with van der Waals surface area (Å²) in [5, 5.41) is 7.54. The summed E-state index contributed by atoms with van der Waals surface area (Å²) in [5.41, 5.74) is 7.01. The summed E-state index contributed by atoms with van der Waals surface area (Å²) in [6.07, 6.45) is 4.03. The van der Waals surface area contributed by atoms with E-state index in [9.17, 15) is 0 Å². The zero-order chi connectivity index (χ0) is 9.26. The lowest BCUT2D eigenvalue weighted by Crippen LogP contribution is -2.20. The summed E-state index contributed by atoms with van der Waals surface area (Å²) in [5.74, 6) is 1.13. The number of nitrogens with two attached hydrogens (primary N) is 1. The third-order valence-electron chi connectivity index (χ3n) is 2.80. The molecule has 72 valence electrons. The Hall–Kier alpha value is -0.870. The molecule has 2 heterocycles. The van der Waals surface area contributed by atoms with E-state index in [4.69, 9.17) is 5.73 Å². The lowest BCUT2D eigenvalue weighted by atomic mass is 9.91. The Morgan fingerprint density at radius 2 is 2.54 bits per heavy atom. The third-order valence-corrected chi connectivity index (χ3v) is 2.80. The van der Waals surface area contributed by atoms with Crippen LogP contribution < -0.4 is 11.1 Å². The quantitative estimate of drug-likeness (QED) is 0.656. The Balaban J connectivity index is 2.15. The van der Waals surface area contributed by atoms with Crippen LogP contribution in [0.25, 0.3) is 0 Å². The van der Waals surface area contributed by atoms with Gasteiger partial charge in [0.05, 0.1) is 6.20 Å². The van der Waals surface area contributed by atoms with E-state index in [-0.39, 0.29) is 0 Å². The number of aromatic nitrogens is 2. The first-order valence-corrected chi connectivity index (χ1v) is 4.70. The Kier molecular flexibility index (Phi) is 2.33. The summed E-state index contributed by atoms with van der Waals surface area (Å²) in [6, 6.07) is 0. The van der Waals surface area contributed by atoms with Gasteiger partial charge in [-0.1, -0.05) is 0 Å². The van der Waals surface area contributed by atoms with Crippen LogP contribution in [0.1, 0.15) is 11.5 Å². The van der Waals surface area contributed by atoms with E-state index in [0.717, 1.165) is 19.6 Å². The summed E-state index contributed by atoms with van der Waals surface area (Å²) in [4.78, 5) is 0. The fourth-order valence-corrected chi connectivity index (χ4v) is 2.00. The van der Waals surface area contributed by atoms with Crippen molar-refractivity contribution in [2.24, 2.45) is 18.7 Å². The highest BCUT2D eigenvalue weighted by Crippen LogP contribution is 2.26. The van der Waals surface area contributed by atoms with Crippen molar-refractivity contribution in [2.45, 2.75) is 5.92 Å². The van der Waals surface area contributed by atoms with Crippen LogP contribution in [0.4, 0.5) is 0 Å². The van der Waals surface area contributed by atoms with E-state index in [1.54, 1.807) is 0 Å². The van der Waals surface area contributed by atoms with Crippen LogP contribution in [-0.4, -0.2) is 29.4 Å². The van der Waals surface area contributed by atoms with Crippen LogP contribution in [0, 0.1) is 5.92 Å². The molecule has 2 atom stereocenters. The SMILES string of the molecule is Cn1cc(C2CNCC2CN)cn1. The normalized spacial score (nSPS) is 28.2. The summed E-state index contributed by atoms with van der Waals surface area (Å²) in [6.45, 7) is 2.83. The Labute approximate surface area is 78.1 Å². The standard InChI is InChI=1S/C9H16N4/c1-13-6-8(4-12-13)9-5-11-3-7(9)2-10/h4,6-7,9,11H,2-3,5,10H2,1H3. The Morgan fingerprint density at radius 1 is 1.69 bits per heavy atom. The van der Waals surface area contributed by atoms with Gasteiger partial charge in [0.1, 0.15) is 0 Å². The maximum Gasteiger partial charge on any atom is 0.0525 e. The van der Waals surface area contributed by atoms with Gasteiger partial charge in [0, 0.05) is 25.7 Å². The van der Waals surface area contributed by atoms with E-state index < -0.39 is 0 Å². The second kappa shape index (κ2) is 3.47. The van der Waals surface area contributed by atoms with Crippen molar-refractivity contribution in [1.29, 1.82) is 0 Å². The molecule has 0 saturated carbocycles. The Morgan fingerprint density at radius 3 is 3.15 bits per heavy atom. The molecule has 0 aliphatic carbocycles. The second-order valence-electron chi connectivity index (χ2n) is 3.71. The van der Waals surface area contributed by atoms with E-state index in [0.29, 0.717) is 11.8 Å². The molecule has 1 aliphatic heterocycles. The van der Waals surface area contributed by atoms with Gasteiger partial charge >= 0.3 is 0 Å². The predicted octanol–water partition coefficient (Wildman–Crippen LogP) is -0.318. The molecule has 1 aromatic heterocycles. The lowest BCUT2D eigenvalue weighted by molar-refractivity contribution is 0.530. The molecule has 0 spiro atoms. The van der Waals surface area contributed by atoms with Crippen LogP contribution in [0.2, 0.25) is 0 Å². The van der Waals surface area contributed by atoms with Gasteiger partial charge in [-0.25, -0.2) is 0 Å². The van der Waals surface area contributed by atoms with Gasteiger partial charge in [-0.15, -0.1) is 0 Å². The van der Waals surface area contributed by atoms with Crippen molar-refractivity contribution in [3.8, 4) is 0 Å².